The second kappa shape index (κ2) is 13.4. The van der Waals surface area contributed by atoms with Gasteiger partial charge in [0.05, 0.1) is 0 Å². The van der Waals surface area contributed by atoms with Crippen molar-refractivity contribution in [3.05, 3.63) is 78.9 Å². The summed E-state index contributed by atoms with van der Waals surface area (Å²) in [4.78, 5) is 0. The van der Waals surface area contributed by atoms with E-state index in [-0.39, 0.29) is 37.2 Å². The second-order valence-corrected chi connectivity index (χ2v) is 12.4. The van der Waals surface area contributed by atoms with Crippen LogP contribution in [0.2, 0.25) is 0 Å². The van der Waals surface area contributed by atoms with Gasteiger partial charge in [-0.1, -0.05) is 0 Å². The van der Waals surface area contributed by atoms with Crippen molar-refractivity contribution in [2.24, 2.45) is 0 Å². The average molecular weight is 528 g/mol. The largest absolute Gasteiger partial charge is 1.00 e. The van der Waals surface area contributed by atoms with Gasteiger partial charge in [-0.3, -0.25) is 0 Å². The third kappa shape index (κ3) is 7.36. The van der Waals surface area contributed by atoms with Gasteiger partial charge < -0.3 is 37.2 Å². The van der Waals surface area contributed by atoms with Crippen LogP contribution in [0.3, 0.4) is 0 Å². The van der Waals surface area contributed by atoms with E-state index >= 15 is 0 Å². The smallest absolute Gasteiger partial charge is 1.00 e. The molecule has 3 rings (SSSR count). The molecule has 0 N–H and O–H groups in total. The Balaban J connectivity index is 0.00000300. The van der Waals surface area contributed by atoms with Crippen LogP contribution in [0.15, 0.2) is 56.6 Å². The first-order valence-electron chi connectivity index (χ1n) is 10.6. The fourth-order valence-electron chi connectivity index (χ4n) is 4.76. The fraction of sp³-hybridized carbons (Fsp3) is 0.385. The summed E-state index contributed by atoms with van der Waals surface area (Å²) in [6, 6.07) is 14.5. The van der Waals surface area contributed by atoms with Crippen molar-refractivity contribution in [1.82, 2.24) is 0 Å². The third-order valence-electron chi connectivity index (χ3n) is 5.86. The first-order chi connectivity index (χ1) is 13.3. The van der Waals surface area contributed by atoms with Crippen molar-refractivity contribution >= 4 is 19.2 Å². The Morgan fingerprint density at radius 3 is 1.55 bits per heavy atom. The van der Waals surface area contributed by atoms with E-state index in [4.69, 9.17) is 0 Å². The van der Waals surface area contributed by atoms with E-state index in [1.54, 1.807) is 30.6 Å². The standard InChI is InChI=1S/C26H33Si.3ClH.Ti/c1-7-8-9-23-12-22(6)17-26(23)27(24-13-18(2)10-19(3)14-24)25-15-20(4)11-21(5)16-25;;;;/h10-11,13-16,27H,7-9,17H2,1-6H3;3*1H;/q;;;;+3/p-3. The molecule has 31 heavy (non-hydrogen) atoms. The van der Waals surface area contributed by atoms with Crippen molar-refractivity contribution < 1.29 is 57.7 Å². The molecule has 5 heteroatoms. The number of benzene rings is 2. The molecule has 0 atom stereocenters. The molecule has 0 heterocycles. The molecule has 0 amide bonds. The third-order valence-corrected chi connectivity index (χ3v) is 10.2. The summed E-state index contributed by atoms with van der Waals surface area (Å²) in [7, 11) is -1.45. The minimum atomic E-state index is -1.45. The number of hydrogen-bond donors (Lipinski definition) is 0. The van der Waals surface area contributed by atoms with Gasteiger partial charge in [0.1, 0.15) is 0 Å². The zero-order chi connectivity index (χ0) is 20.4. The predicted molar refractivity (Wildman–Crippen MR) is 122 cm³/mol. The summed E-state index contributed by atoms with van der Waals surface area (Å²) in [6.45, 7) is 13.7. The molecule has 0 fully saturated rings. The van der Waals surface area contributed by atoms with Gasteiger partial charge in [-0.2, -0.15) is 0 Å². The molecule has 0 nitrogen and oxygen atoms in total. The van der Waals surface area contributed by atoms with Crippen LogP contribution in [0.25, 0.3) is 0 Å². The number of halogens is 3. The van der Waals surface area contributed by atoms with Crippen LogP contribution in [0.1, 0.15) is 61.8 Å². The van der Waals surface area contributed by atoms with Crippen molar-refractivity contribution in [3.8, 4) is 0 Å². The van der Waals surface area contributed by atoms with Gasteiger partial charge in [0.2, 0.25) is 0 Å². The molecule has 0 aliphatic heterocycles. The Hall–Kier alpha value is -0.279. The van der Waals surface area contributed by atoms with Gasteiger partial charge in [-0.25, -0.2) is 0 Å². The monoisotopic (exact) mass is 526 g/mol. The maximum Gasteiger partial charge on any atom is -1.00 e. The molecular formula is C26H33Cl3SiTi. The zero-order valence-electron chi connectivity index (χ0n) is 19.5. The SMILES string of the molecule is CCCCC1=C([SiH](c2cc(C)cc(C)c2)c2cc(C)cc(C)c2)CC(C)=[C]1[Ti+3].[Cl-].[Cl-].[Cl-]. The number of unbranched alkanes of at least 4 members (excludes halogenated alkanes) is 1. The summed E-state index contributed by atoms with van der Waals surface area (Å²) in [5, 5.41) is 4.96. The van der Waals surface area contributed by atoms with Crippen LogP contribution in [-0.4, -0.2) is 8.80 Å². The Morgan fingerprint density at radius 1 is 0.742 bits per heavy atom. The first-order valence-corrected chi connectivity index (χ1v) is 13.1. The molecule has 1 aliphatic carbocycles. The van der Waals surface area contributed by atoms with Crippen LogP contribution in [0.4, 0.5) is 0 Å². The number of rotatable bonds is 6. The van der Waals surface area contributed by atoms with Crippen molar-refractivity contribution in [1.29, 1.82) is 0 Å². The van der Waals surface area contributed by atoms with Gasteiger partial charge in [0.15, 0.2) is 0 Å². The number of aryl methyl sites for hydroxylation is 4. The first kappa shape index (κ1) is 30.7. The van der Waals surface area contributed by atoms with E-state index in [1.165, 1.54) is 47.9 Å². The molecule has 2 aromatic carbocycles. The summed E-state index contributed by atoms with van der Waals surface area (Å²) in [6.07, 6.45) is 4.99. The average Bonchev–Trinajstić information content (AvgIpc) is 2.86. The Bertz CT molecular complexity index is 871. The van der Waals surface area contributed by atoms with Gasteiger partial charge in [0.25, 0.3) is 0 Å². The Morgan fingerprint density at radius 2 is 1.16 bits per heavy atom. The van der Waals surface area contributed by atoms with E-state index < -0.39 is 8.80 Å². The maximum atomic E-state index is 2.47. The zero-order valence-corrected chi connectivity index (χ0v) is 24.5. The van der Waals surface area contributed by atoms with Crippen LogP contribution < -0.4 is 47.6 Å². The molecule has 0 saturated carbocycles. The molecule has 0 spiro atoms. The summed E-state index contributed by atoms with van der Waals surface area (Å²) in [5.74, 6) is 0. The minimum absolute atomic E-state index is 0. The predicted octanol–water partition coefficient (Wildman–Crippen LogP) is -3.48. The van der Waals surface area contributed by atoms with E-state index in [9.17, 15) is 0 Å². The van der Waals surface area contributed by atoms with Crippen LogP contribution >= 0.6 is 0 Å². The molecule has 0 unspecified atom stereocenters. The number of allylic oxidation sites excluding steroid dienone is 4. The van der Waals surface area contributed by atoms with Crippen molar-refractivity contribution in [2.45, 2.75) is 67.2 Å². The molecule has 2 aromatic rings. The Labute approximate surface area is 221 Å². The molecular weight excluding hydrogens is 495 g/mol. The van der Waals surface area contributed by atoms with Gasteiger partial charge in [-0.15, -0.1) is 0 Å². The van der Waals surface area contributed by atoms with Gasteiger partial charge >= 0.3 is 186 Å². The maximum absolute atomic E-state index is 2.47. The number of hydrogen-bond acceptors (Lipinski definition) is 0. The molecule has 0 saturated heterocycles. The van der Waals surface area contributed by atoms with E-state index in [0.29, 0.717) is 0 Å². The Kier molecular flexibility index (Phi) is 13.3. The summed E-state index contributed by atoms with van der Waals surface area (Å²) < 4.78 is 1.58. The second-order valence-electron chi connectivity index (χ2n) is 8.71. The topological polar surface area (TPSA) is 0 Å². The summed E-state index contributed by atoms with van der Waals surface area (Å²) >= 11 is 2.36. The molecule has 0 aromatic heterocycles. The van der Waals surface area contributed by atoms with Gasteiger partial charge in [0, 0.05) is 0 Å². The van der Waals surface area contributed by atoms with E-state index in [2.05, 4.69) is 98.4 Å². The fourth-order valence-corrected chi connectivity index (χ4v) is 9.63. The van der Waals surface area contributed by atoms with Gasteiger partial charge in [-0.05, 0) is 0 Å². The van der Waals surface area contributed by atoms with Crippen molar-refractivity contribution in [3.63, 3.8) is 0 Å². The van der Waals surface area contributed by atoms with E-state index in [0.717, 1.165) is 0 Å². The molecule has 0 radical (unpaired) electrons. The normalized spacial score (nSPS) is 13.2. The molecule has 166 valence electrons. The van der Waals surface area contributed by atoms with Crippen LogP contribution in [0, 0.1) is 27.7 Å². The van der Waals surface area contributed by atoms with Crippen LogP contribution in [0.5, 0.6) is 0 Å². The quantitative estimate of drug-likeness (QED) is 0.343. The molecule has 1 aliphatic rings. The van der Waals surface area contributed by atoms with Crippen molar-refractivity contribution in [2.75, 3.05) is 0 Å². The van der Waals surface area contributed by atoms with E-state index in [1.807, 2.05) is 0 Å². The van der Waals surface area contributed by atoms with Crippen LogP contribution in [-0.2, 0) is 20.4 Å². The summed E-state index contributed by atoms with van der Waals surface area (Å²) in [5.41, 5.74) is 8.86. The minimum Gasteiger partial charge on any atom is -1.00 e. The molecule has 0 bridgehead atoms.